The molecule has 2 heterocycles. The molecular weight excluding hydrogens is 252 g/mol. The number of hydrogen-bond acceptors (Lipinski definition) is 3. The molecule has 0 N–H and O–H groups in total. The van der Waals surface area contributed by atoms with Gasteiger partial charge in [0.15, 0.2) is 0 Å². The maximum atomic E-state index is 6.28. The van der Waals surface area contributed by atoms with Crippen LogP contribution in [0, 0.1) is 0 Å². The summed E-state index contributed by atoms with van der Waals surface area (Å²) < 4.78 is 13.0. The molecule has 1 saturated heterocycles. The molecule has 2 aromatic rings. The summed E-state index contributed by atoms with van der Waals surface area (Å²) in [6, 6.07) is 8.16. The number of rotatable bonds is 2. The van der Waals surface area contributed by atoms with E-state index in [9.17, 15) is 0 Å². The Balaban J connectivity index is 2.09. The minimum atomic E-state index is 0.0221. The molecular formula is C13H15ClN2O2. The van der Waals surface area contributed by atoms with E-state index in [4.69, 9.17) is 21.1 Å². The van der Waals surface area contributed by atoms with Crippen LogP contribution in [0.15, 0.2) is 24.3 Å². The number of methoxy groups -OCH3 is 1. The van der Waals surface area contributed by atoms with Crippen molar-refractivity contribution in [3.8, 4) is 0 Å². The Morgan fingerprint density at radius 1 is 1.44 bits per heavy atom. The van der Waals surface area contributed by atoms with Crippen LogP contribution in [0.4, 0.5) is 0 Å². The van der Waals surface area contributed by atoms with Gasteiger partial charge in [-0.1, -0.05) is 12.1 Å². The highest BCUT2D eigenvalue weighted by molar-refractivity contribution is 6.29. The predicted octanol–water partition coefficient (Wildman–Crippen LogP) is 2.67. The summed E-state index contributed by atoms with van der Waals surface area (Å²) >= 11 is 6.28. The number of ether oxygens (including phenoxy) is 2. The van der Waals surface area contributed by atoms with Crippen LogP contribution < -0.4 is 0 Å². The first-order valence-electron chi connectivity index (χ1n) is 6.04. The van der Waals surface area contributed by atoms with E-state index in [-0.39, 0.29) is 12.1 Å². The second-order valence-electron chi connectivity index (χ2n) is 4.44. The highest BCUT2D eigenvalue weighted by Gasteiger charge is 2.29. The number of hydrogen-bond donors (Lipinski definition) is 0. The summed E-state index contributed by atoms with van der Waals surface area (Å²) in [5.74, 6) is 0. The van der Waals surface area contributed by atoms with Gasteiger partial charge < -0.3 is 14.0 Å². The molecule has 1 fully saturated rings. The van der Waals surface area contributed by atoms with Crippen LogP contribution in [0.3, 0.4) is 0 Å². The van der Waals surface area contributed by atoms with Crippen molar-refractivity contribution in [2.75, 3.05) is 20.3 Å². The number of aromatic nitrogens is 2. The van der Waals surface area contributed by atoms with Gasteiger partial charge in [-0.2, -0.15) is 0 Å². The van der Waals surface area contributed by atoms with Crippen LogP contribution in [-0.2, 0) is 9.47 Å². The van der Waals surface area contributed by atoms with Crippen LogP contribution in [-0.4, -0.2) is 36.0 Å². The quantitative estimate of drug-likeness (QED) is 0.838. The van der Waals surface area contributed by atoms with Crippen molar-refractivity contribution < 1.29 is 9.47 Å². The molecule has 2 atom stereocenters. The van der Waals surface area contributed by atoms with Crippen LogP contribution in [0.5, 0.6) is 0 Å². The monoisotopic (exact) mass is 266 g/mol. The fourth-order valence-electron chi connectivity index (χ4n) is 2.55. The average molecular weight is 267 g/mol. The number of halogens is 1. The highest BCUT2D eigenvalue weighted by atomic mass is 35.5. The van der Waals surface area contributed by atoms with Crippen molar-refractivity contribution in [2.24, 2.45) is 0 Å². The lowest BCUT2D eigenvalue weighted by atomic mass is 10.1. The Kier molecular flexibility index (Phi) is 3.24. The van der Waals surface area contributed by atoms with E-state index in [1.807, 2.05) is 24.3 Å². The summed E-state index contributed by atoms with van der Waals surface area (Å²) in [6.45, 7) is 1.33. The largest absolute Gasteiger partial charge is 0.379 e. The summed E-state index contributed by atoms with van der Waals surface area (Å²) in [6.07, 6.45) is 0.910. The summed E-state index contributed by atoms with van der Waals surface area (Å²) in [5, 5.41) is 0.519. The van der Waals surface area contributed by atoms with Crippen molar-refractivity contribution in [1.29, 1.82) is 0 Å². The average Bonchev–Trinajstić information content (AvgIpc) is 2.74. The van der Waals surface area contributed by atoms with Crippen LogP contribution in [0.1, 0.15) is 12.5 Å². The van der Waals surface area contributed by atoms with Gasteiger partial charge in [0.1, 0.15) is 6.10 Å². The summed E-state index contributed by atoms with van der Waals surface area (Å²) in [4.78, 5) is 4.39. The zero-order valence-corrected chi connectivity index (χ0v) is 10.9. The molecule has 96 valence electrons. The number of benzene rings is 1. The van der Waals surface area contributed by atoms with Crippen LogP contribution in [0.2, 0.25) is 5.28 Å². The molecule has 18 heavy (non-hydrogen) atoms. The first-order valence-corrected chi connectivity index (χ1v) is 6.42. The zero-order valence-electron chi connectivity index (χ0n) is 10.2. The molecule has 5 heteroatoms. The van der Waals surface area contributed by atoms with Gasteiger partial charge in [-0.05, 0) is 30.2 Å². The first-order chi connectivity index (χ1) is 8.81. The van der Waals surface area contributed by atoms with E-state index in [0.717, 1.165) is 24.1 Å². The minimum Gasteiger partial charge on any atom is -0.379 e. The summed E-state index contributed by atoms with van der Waals surface area (Å²) in [5.41, 5.74) is 1.97. The van der Waals surface area contributed by atoms with Gasteiger partial charge >= 0.3 is 0 Å². The molecule has 1 aliphatic rings. The van der Waals surface area contributed by atoms with E-state index in [1.165, 1.54) is 0 Å². The molecule has 1 aromatic carbocycles. The van der Waals surface area contributed by atoms with Gasteiger partial charge in [-0.3, -0.25) is 0 Å². The van der Waals surface area contributed by atoms with E-state index in [1.54, 1.807) is 7.11 Å². The van der Waals surface area contributed by atoms with Crippen LogP contribution >= 0.6 is 11.6 Å². The van der Waals surface area contributed by atoms with Gasteiger partial charge in [0, 0.05) is 13.7 Å². The van der Waals surface area contributed by atoms with Gasteiger partial charge in [-0.25, -0.2) is 4.98 Å². The fourth-order valence-corrected chi connectivity index (χ4v) is 2.86. The van der Waals surface area contributed by atoms with E-state index >= 15 is 0 Å². The normalized spacial score (nSPS) is 24.6. The smallest absolute Gasteiger partial charge is 0.204 e. The Morgan fingerprint density at radius 2 is 2.28 bits per heavy atom. The highest BCUT2D eigenvalue weighted by Crippen LogP contribution is 2.31. The van der Waals surface area contributed by atoms with Crippen molar-refractivity contribution in [2.45, 2.75) is 18.6 Å². The molecule has 1 aromatic heterocycles. The molecule has 4 nitrogen and oxygen atoms in total. The Hall–Kier alpha value is -1.10. The van der Waals surface area contributed by atoms with Crippen molar-refractivity contribution in [1.82, 2.24) is 9.55 Å². The standard InChI is InChI=1S/C13H15ClN2O2/c1-17-12-8-18-7-6-11(12)16-10-5-3-2-4-9(10)15-13(16)14/h2-5,11-12H,6-8H2,1H3/t11-,12-/m0/s1. The molecule has 0 radical (unpaired) electrons. The number of nitrogens with zero attached hydrogens (tertiary/aromatic N) is 2. The number of fused-ring (bicyclic) bond motifs is 1. The molecule has 0 amide bonds. The maximum absolute atomic E-state index is 6.28. The molecule has 0 aliphatic carbocycles. The second kappa shape index (κ2) is 4.88. The molecule has 1 aliphatic heterocycles. The van der Waals surface area contributed by atoms with Gasteiger partial charge in [-0.15, -0.1) is 0 Å². The Bertz CT molecular complexity index is 555. The number of para-hydroxylation sites is 2. The molecule has 0 saturated carbocycles. The topological polar surface area (TPSA) is 36.3 Å². The Labute approximate surface area is 110 Å². The van der Waals surface area contributed by atoms with E-state index in [0.29, 0.717) is 11.9 Å². The lowest BCUT2D eigenvalue weighted by molar-refractivity contribution is -0.0591. The van der Waals surface area contributed by atoms with Crippen molar-refractivity contribution >= 4 is 22.6 Å². The first kappa shape index (κ1) is 12.0. The maximum Gasteiger partial charge on any atom is 0.204 e. The van der Waals surface area contributed by atoms with E-state index in [2.05, 4.69) is 9.55 Å². The lowest BCUT2D eigenvalue weighted by Gasteiger charge is -2.32. The molecule has 3 rings (SSSR count). The minimum absolute atomic E-state index is 0.0221. The third-order valence-electron chi connectivity index (χ3n) is 3.46. The van der Waals surface area contributed by atoms with E-state index < -0.39 is 0 Å². The zero-order chi connectivity index (χ0) is 12.5. The predicted molar refractivity (Wildman–Crippen MR) is 70.0 cm³/mol. The van der Waals surface area contributed by atoms with Crippen molar-refractivity contribution in [3.63, 3.8) is 0 Å². The molecule has 0 bridgehead atoms. The third kappa shape index (κ3) is 1.90. The van der Waals surface area contributed by atoms with Gasteiger partial charge in [0.05, 0.1) is 23.7 Å². The van der Waals surface area contributed by atoms with Gasteiger partial charge in [0.25, 0.3) is 0 Å². The fraction of sp³-hybridized carbons (Fsp3) is 0.462. The molecule has 0 spiro atoms. The summed E-state index contributed by atoms with van der Waals surface area (Å²) in [7, 11) is 1.71. The Morgan fingerprint density at radius 3 is 3.11 bits per heavy atom. The van der Waals surface area contributed by atoms with Crippen LogP contribution in [0.25, 0.3) is 11.0 Å². The lowest BCUT2D eigenvalue weighted by Crippen LogP contribution is -2.35. The van der Waals surface area contributed by atoms with Crippen molar-refractivity contribution in [3.05, 3.63) is 29.5 Å². The third-order valence-corrected chi connectivity index (χ3v) is 3.72. The second-order valence-corrected chi connectivity index (χ2v) is 4.78. The SMILES string of the molecule is CO[C@H]1COCC[C@@H]1n1c(Cl)nc2ccccc21. The molecule has 0 unspecified atom stereocenters. The number of imidazole rings is 1. The van der Waals surface area contributed by atoms with Gasteiger partial charge in [0.2, 0.25) is 5.28 Å².